The third-order valence-corrected chi connectivity index (χ3v) is 2.25. The van der Waals surface area contributed by atoms with Crippen molar-refractivity contribution in [1.82, 2.24) is 4.98 Å². The molecule has 14 heavy (non-hydrogen) atoms. The first kappa shape index (κ1) is 9.16. The highest BCUT2D eigenvalue weighted by Gasteiger charge is 2.02. The molecule has 0 saturated carbocycles. The lowest BCUT2D eigenvalue weighted by Gasteiger charge is -2.02. The lowest BCUT2D eigenvalue weighted by molar-refractivity contribution is 0.628. The van der Waals surface area contributed by atoms with Gasteiger partial charge in [0.25, 0.3) is 0 Å². The zero-order valence-electron chi connectivity index (χ0n) is 7.24. The molecule has 1 aromatic carbocycles. The van der Waals surface area contributed by atoms with Gasteiger partial charge in [0, 0.05) is 18.0 Å². The summed E-state index contributed by atoms with van der Waals surface area (Å²) in [5.74, 6) is -0.256. The van der Waals surface area contributed by atoms with Gasteiger partial charge < -0.3 is 0 Å². The zero-order chi connectivity index (χ0) is 9.97. The van der Waals surface area contributed by atoms with Crippen LogP contribution in [0.2, 0.25) is 5.02 Å². The second kappa shape index (κ2) is 3.76. The van der Waals surface area contributed by atoms with Gasteiger partial charge in [-0.25, -0.2) is 4.39 Å². The van der Waals surface area contributed by atoms with Crippen LogP contribution in [0.4, 0.5) is 4.39 Å². The van der Waals surface area contributed by atoms with Gasteiger partial charge in [0.1, 0.15) is 5.82 Å². The van der Waals surface area contributed by atoms with Gasteiger partial charge in [0.15, 0.2) is 0 Å². The van der Waals surface area contributed by atoms with E-state index in [4.69, 9.17) is 11.6 Å². The minimum atomic E-state index is -0.256. The van der Waals surface area contributed by atoms with E-state index in [1.54, 1.807) is 30.6 Å². The summed E-state index contributed by atoms with van der Waals surface area (Å²) in [5.41, 5.74) is 1.68. The van der Waals surface area contributed by atoms with Gasteiger partial charge in [0.2, 0.25) is 0 Å². The first-order chi connectivity index (χ1) is 6.77. The van der Waals surface area contributed by atoms with Crippen molar-refractivity contribution >= 4 is 11.6 Å². The zero-order valence-corrected chi connectivity index (χ0v) is 8.00. The summed E-state index contributed by atoms with van der Waals surface area (Å²) in [5, 5.41) is 0.617. The number of hydrogen-bond acceptors (Lipinski definition) is 1. The molecule has 0 atom stereocenters. The Labute approximate surface area is 86.2 Å². The van der Waals surface area contributed by atoms with Gasteiger partial charge in [-0.1, -0.05) is 23.7 Å². The molecule has 0 unspecified atom stereocenters. The van der Waals surface area contributed by atoms with Crippen LogP contribution in [0.1, 0.15) is 0 Å². The standard InChI is InChI=1S/C11H7ClFN/c12-11-5-6-14-7-10(11)8-1-3-9(13)4-2-8/h1-7H. The van der Waals surface area contributed by atoms with Crippen LogP contribution in [-0.2, 0) is 0 Å². The van der Waals surface area contributed by atoms with Gasteiger partial charge in [0.05, 0.1) is 5.02 Å². The lowest BCUT2D eigenvalue weighted by atomic mass is 10.1. The number of nitrogens with zero attached hydrogens (tertiary/aromatic N) is 1. The van der Waals surface area contributed by atoms with E-state index in [2.05, 4.69) is 4.98 Å². The highest BCUT2D eigenvalue weighted by atomic mass is 35.5. The molecular formula is C11H7ClFN. The van der Waals surface area contributed by atoms with Crippen LogP contribution in [0.3, 0.4) is 0 Å². The van der Waals surface area contributed by atoms with Crippen molar-refractivity contribution in [1.29, 1.82) is 0 Å². The van der Waals surface area contributed by atoms with Crippen LogP contribution < -0.4 is 0 Å². The Morgan fingerprint density at radius 3 is 2.43 bits per heavy atom. The molecule has 0 saturated heterocycles. The molecule has 3 heteroatoms. The van der Waals surface area contributed by atoms with Crippen LogP contribution in [-0.4, -0.2) is 4.98 Å². The van der Waals surface area contributed by atoms with Crippen molar-refractivity contribution in [3.63, 3.8) is 0 Å². The lowest BCUT2D eigenvalue weighted by Crippen LogP contribution is -1.81. The van der Waals surface area contributed by atoms with Gasteiger partial charge in [-0.3, -0.25) is 4.98 Å². The van der Waals surface area contributed by atoms with Crippen LogP contribution in [0.25, 0.3) is 11.1 Å². The summed E-state index contributed by atoms with van der Waals surface area (Å²) in [6.45, 7) is 0. The highest BCUT2D eigenvalue weighted by molar-refractivity contribution is 6.33. The number of rotatable bonds is 1. The topological polar surface area (TPSA) is 12.9 Å². The molecule has 0 bridgehead atoms. The van der Waals surface area contributed by atoms with Crippen molar-refractivity contribution in [2.45, 2.75) is 0 Å². The summed E-state index contributed by atoms with van der Waals surface area (Å²) >= 11 is 5.96. The molecule has 0 spiro atoms. The Hall–Kier alpha value is -1.41. The molecule has 0 amide bonds. The maximum atomic E-state index is 12.7. The van der Waals surface area contributed by atoms with E-state index in [1.165, 1.54) is 12.1 Å². The average Bonchev–Trinajstić information content (AvgIpc) is 2.20. The minimum Gasteiger partial charge on any atom is -0.264 e. The van der Waals surface area contributed by atoms with E-state index in [0.717, 1.165) is 11.1 Å². The smallest absolute Gasteiger partial charge is 0.123 e. The van der Waals surface area contributed by atoms with Crippen LogP contribution in [0.5, 0.6) is 0 Å². The van der Waals surface area contributed by atoms with Crippen LogP contribution in [0.15, 0.2) is 42.7 Å². The largest absolute Gasteiger partial charge is 0.264 e. The molecule has 0 aliphatic carbocycles. The van der Waals surface area contributed by atoms with E-state index in [-0.39, 0.29) is 5.82 Å². The monoisotopic (exact) mass is 207 g/mol. The van der Waals surface area contributed by atoms with Gasteiger partial charge >= 0.3 is 0 Å². The van der Waals surface area contributed by atoms with E-state index in [9.17, 15) is 4.39 Å². The summed E-state index contributed by atoms with van der Waals surface area (Å²) in [7, 11) is 0. The number of hydrogen-bond donors (Lipinski definition) is 0. The van der Waals surface area contributed by atoms with Gasteiger partial charge in [-0.05, 0) is 23.8 Å². The second-order valence-electron chi connectivity index (χ2n) is 2.86. The molecule has 2 aromatic rings. The van der Waals surface area contributed by atoms with E-state index >= 15 is 0 Å². The fraction of sp³-hybridized carbons (Fsp3) is 0. The molecule has 1 heterocycles. The Kier molecular flexibility index (Phi) is 2.46. The minimum absolute atomic E-state index is 0.256. The molecule has 0 aliphatic rings. The molecule has 0 radical (unpaired) electrons. The normalized spacial score (nSPS) is 10.1. The molecule has 2 rings (SSSR count). The van der Waals surface area contributed by atoms with Gasteiger partial charge in [-0.15, -0.1) is 0 Å². The SMILES string of the molecule is Fc1ccc(-c2cnccc2Cl)cc1. The fourth-order valence-electron chi connectivity index (χ4n) is 1.22. The predicted molar refractivity (Wildman–Crippen MR) is 54.6 cm³/mol. The van der Waals surface area contributed by atoms with Gasteiger partial charge in [-0.2, -0.15) is 0 Å². The first-order valence-electron chi connectivity index (χ1n) is 4.13. The number of benzene rings is 1. The third-order valence-electron chi connectivity index (χ3n) is 1.92. The predicted octanol–water partition coefficient (Wildman–Crippen LogP) is 3.54. The van der Waals surface area contributed by atoms with Crippen molar-refractivity contribution in [2.24, 2.45) is 0 Å². The van der Waals surface area contributed by atoms with E-state index in [1.807, 2.05) is 0 Å². The van der Waals surface area contributed by atoms with Crippen molar-refractivity contribution in [2.75, 3.05) is 0 Å². The average molecular weight is 208 g/mol. The summed E-state index contributed by atoms with van der Waals surface area (Å²) in [6.07, 6.45) is 3.28. The quantitative estimate of drug-likeness (QED) is 0.697. The molecular weight excluding hydrogens is 201 g/mol. The summed E-state index contributed by atoms with van der Waals surface area (Å²) in [4.78, 5) is 3.97. The van der Waals surface area contributed by atoms with Crippen molar-refractivity contribution in [3.8, 4) is 11.1 Å². The molecule has 1 aromatic heterocycles. The Morgan fingerprint density at radius 2 is 1.79 bits per heavy atom. The Morgan fingerprint density at radius 1 is 1.07 bits per heavy atom. The van der Waals surface area contributed by atoms with Crippen molar-refractivity contribution in [3.05, 3.63) is 53.6 Å². The Balaban J connectivity index is 2.50. The molecule has 1 nitrogen and oxygen atoms in total. The van der Waals surface area contributed by atoms with Crippen molar-refractivity contribution < 1.29 is 4.39 Å². The van der Waals surface area contributed by atoms with E-state index < -0.39 is 0 Å². The van der Waals surface area contributed by atoms with Crippen LogP contribution in [0, 0.1) is 5.82 Å². The summed E-state index contributed by atoms with van der Waals surface area (Å²) < 4.78 is 12.7. The first-order valence-corrected chi connectivity index (χ1v) is 4.50. The second-order valence-corrected chi connectivity index (χ2v) is 3.27. The highest BCUT2D eigenvalue weighted by Crippen LogP contribution is 2.26. The number of pyridine rings is 1. The van der Waals surface area contributed by atoms with Crippen LogP contribution >= 0.6 is 11.6 Å². The number of halogens is 2. The molecule has 0 N–H and O–H groups in total. The van der Waals surface area contributed by atoms with E-state index in [0.29, 0.717) is 5.02 Å². The number of aromatic nitrogens is 1. The molecule has 0 aliphatic heterocycles. The molecule has 0 fully saturated rings. The fourth-order valence-corrected chi connectivity index (χ4v) is 1.43. The molecule has 70 valence electrons. The maximum absolute atomic E-state index is 12.7. The Bertz CT molecular complexity index is 439. The third kappa shape index (κ3) is 1.75. The summed E-state index contributed by atoms with van der Waals surface area (Å²) in [6, 6.07) is 7.87. The maximum Gasteiger partial charge on any atom is 0.123 e.